The Morgan fingerprint density at radius 2 is 1.71 bits per heavy atom. The van der Waals surface area contributed by atoms with Crippen LogP contribution in [0.25, 0.3) is 10.8 Å². The van der Waals surface area contributed by atoms with E-state index in [9.17, 15) is 9.59 Å². The van der Waals surface area contributed by atoms with Gasteiger partial charge in [-0.05, 0) is 35.7 Å². The average molecular weight is 324 g/mol. The number of primary amides is 1. The Balaban J connectivity index is 1.86. The molecule has 0 bridgehead atoms. The van der Waals surface area contributed by atoms with E-state index in [2.05, 4.69) is 0 Å². The van der Waals surface area contributed by atoms with Gasteiger partial charge in [-0.15, -0.1) is 0 Å². The third-order valence-corrected chi connectivity index (χ3v) is 4.87. The Kier molecular flexibility index (Phi) is 5.14. The fourth-order valence-corrected chi connectivity index (χ4v) is 3.56. The first-order valence-corrected chi connectivity index (χ1v) is 8.73. The van der Waals surface area contributed by atoms with Crippen molar-refractivity contribution in [1.29, 1.82) is 0 Å². The second kappa shape index (κ2) is 7.47. The van der Waals surface area contributed by atoms with Crippen molar-refractivity contribution in [2.75, 3.05) is 6.54 Å². The van der Waals surface area contributed by atoms with Crippen molar-refractivity contribution in [1.82, 2.24) is 4.90 Å². The highest BCUT2D eigenvalue weighted by atomic mass is 16.2. The summed E-state index contributed by atoms with van der Waals surface area (Å²) in [5, 5.41) is 2.18. The van der Waals surface area contributed by atoms with Crippen LogP contribution in [0.3, 0.4) is 0 Å². The molecule has 0 radical (unpaired) electrons. The van der Waals surface area contributed by atoms with E-state index in [0.29, 0.717) is 12.1 Å². The summed E-state index contributed by atoms with van der Waals surface area (Å²) in [4.78, 5) is 26.1. The number of nitrogens with zero attached hydrogens (tertiary/aromatic N) is 1. The minimum absolute atomic E-state index is 0.00824. The van der Waals surface area contributed by atoms with Crippen molar-refractivity contribution in [3.8, 4) is 0 Å². The van der Waals surface area contributed by atoms with E-state index in [-0.39, 0.29) is 24.3 Å². The Hall–Kier alpha value is -2.36. The predicted octanol–water partition coefficient (Wildman–Crippen LogP) is 3.49. The molecule has 126 valence electrons. The molecule has 4 nitrogen and oxygen atoms in total. The number of hydrogen-bond acceptors (Lipinski definition) is 2. The molecule has 2 N–H and O–H groups in total. The molecule has 0 spiro atoms. The minimum atomic E-state index is -0.359. The van der Waals surface area contributed by atoms with E-state index in [0.717, 1.165) is 36.5 Å². The van der Waals surface area contributed by atoms with Gasteiger partial charge in [0.1, 0.15) is 0 Å². The molecule has 1 fully saturated rings. The molecule has 24 heavy (non-hydrogen) atoms. The number of nitrogens with two attached hydrogens (primary N) is 1. The maximum atomic E-state index is 13.1. The van der Waals surface area contributed by atoms with Crippen LogP contribution < -0.4 is 5.73 Å². The van der Waals surface area contributed by atoms with Crippen LogP contribution in [-0.2, 0) is 4.79 Å². The first-order valence-electron chi connectivity index (χ1n) is 8.73. The largest absolute Gasteiger partial charge is 0.370 e. The Bertz CT molecular complexity index is 735. The predicted molar refractivity (Wildman–Crippen MR) is 95.7 cm³/mol. The van der Waals surface area contributed by atoms with E-state index >= 15 is 0 Å². The van der Waals surface area contributed by atoms with E-state index in [1.165, 1.54) is 6.42 Å². The van der Waals surface area contributed by atoms with Gasteiger partial charge in [-0.1, -0.05) is 49.6 Å². The van der Waals surface area contributed by atoms with Crippen molar-refractivity contribution >= 4 is 22.6 Å². The summed E-state index contributed by atoms with van der Waals surface area (Å²) in [6.45, 7) is 0.408. The van der Waals surface area contributed by atoms with Gasteiger partial charge in [0.2, 0.25) is 5.91 Å². The second-order valence-corrected chi connectivity index (χ2v) is 6.57. The summed E-state index contributed by atoms with van der Waals surface area (Å²) >= 11 is 0. The molecule has 0 saturated heterocycles. The van der Waals surface area contributed by atoms with Gasteiger partial charge >= 0.3 is 0 Å². The van der Waals surface area contributed by atoms with Gasteiger partial charge in [0, 0.05) is 24.6 Å². The zero-order valence-corrected chi connectivity index (χ0v) is 13.9. The zero-order valence-electron chi connectivity index (χ0n) is 13.9. The smallest absolute Gasteiger partial charge is 0.254 e. The number of benzene rings is 2. The zero-order chi connectivity index (χ0) is 16.9. The molecule has 3 rings (SSSR count). The van der Waals surface area contributed by atoms with E-state index < -0.39 is 0 Å². The topological polar surface area (TPSA) is 63.4 Å². The number of fused-ring (bicyclic) bond motifs is 1. The van der Waals surface area contributed by atoms with Crippen LogP contribution in [0, 0.1) is 0 Å². The highest BCUT2D eigenvalue weighted by Crippen LogP contribution is 2.25. The number of carbonyl (C=O) groups excluding carboxylic acids is 2. The van der Waals surface area contributed by atoms with Gasteiger partial charge in [0.15, 0.2) is 0 Å². The van der Waals surface area contributed by atoms with Gasteiger partial charge < -0.3 is 10.6 Å². The van der Waals surface area contributed by atoms with Gasteiger partial charge in [0.05, 0.1) is 0 Å². The highest BCUT2D eigenvalue weighted by Gasteiger charge is 2.26. The molecule has 1 aliphatic carbocycles. The van der Waals surface area contributed by atoms with Gasteiger partial charge in [-0.3, -0.25) is 9.59 Å². The van der Waals surface area contributed by atoms with Crippen LogP contribution in [0.1, 0.15) is 48.9 Å². The molecule has 0 heterocycles. The first-order chi connectivity index (χ1) is 11.6. The van der Waals surface area contributed by atoms with Crippen LogP contribution in [0.5, 0.6) is 0 Å². The lowest BCUT2D eigenvalue weighted by atomic mass is 9.93. The molecule has 1 aliphatic rings. The number of hydrogen-bond donors (Lipinski definition) is 1. The van der Waals surface area contributed by atoms with Crippen LogP contribution in [0.4, 0.5) is 0 Å². The molecule has 0 unspecified atom stereocenters. The Morgan fingerprint density at radius 1 is 1.00 bits per heavy atom. The lowest BCUT2D eigenvalue weighted by Crippen LogP contribution is -2.43. The molecular weight excluding hydrogens is 300 g/mol. The summed E-state index contributed by atoms with van der Waals surface area (Å²) < 4.78 is 0. The number of rotatable bonds is 5. The highest BCUT2D eigenvalue weighted by molar-refractivity contribution is 5.99. The van der Waals surface area contributed by atoms with Crippen molar-refractivity contribution in [3.05, 3.63) is 48.0 Å². The van der Waals surface area contributed by atoms with Gasteiger partial charge in [-0.2, -0.15) is 0 Å². The van der Waals surface area contributed by atoms with Crippen molar-refractivity contribution in [2.24, 2.45) is 5.73 Å². The van der Waals surface area contributed by atoms with Crippen molar-refractivity contribution in [2.45, 2.75) is 44.6 Å². The molecular formula is C20H24N2O2. The quantitative estimate of drug-likeness (QED) is 0.915. The van der Waals surface area contributed by atoms with E-state index in [1.807, 2.05) is 47.4 Å². The third kappa shape index (κ3) is 3.75. The lowest BCUT2D eigenvalue weighted by molar-refractivity contribution is -0.118. The van der Waals surface area contributed by atoms with Crippen LogP contribution in [-0.4, -0.2) is 29.3 Å². The SMILES string of the molecule is NC(=O)CCN(C(=O)c1ccc2ccccc2c1)C1CCCCC1. The molecule has 2 amide bonds. The van der Waals surface area contributed by atoms with E-state index in [1.54, 1.807) is 0 Å². The molecule has 0 aliphatic heterocycles. The van der Waals surface area contributed by atoms with Crippen LogP contribution in [0.2, 0.25) is 0 Å². The van der Waals surface area contributed by atoms with Gasteiger partial charge in [0.25, 0.3) is 5.91 Å². The van der Waals surface area contributed by atoms with Gasteiger partial charge in [-0.25, -0.2) is 0 Å². The third-order valence-electron chi connectivity index (χ3n) is 4.87. The molecule has 2 aromatic carbocycles. The van der Waals surface area contributed by atoms with Crippen molar-refractivity contribution in [3.63, 3.8) is 0 Å². The van der Waals surface area contributed by atoms with Crippen LogP contribution in [0.15, 0.2) is 42.5 Å². The average Bonchev–Trinajstić information content (AvgIpc) is 2.62. The summed E-state index contributed by atoms with van der Waals surface area (Å²) in [6, 6.07) is 14.0. The van der Waals surface area contributed by atoms with E-state index in [4.69, 9.17) is 5.73 Å². The summed E-state index contributed by atoms with van der Waals surface area (Å²) in [7, 11) is 0. The fraction of sp³-hybridized carbons (Fsp3) is 0.400. The minimum Gasteiger partial charge on any atom is -0.370 e. The normalized spacial score (nSPS) is 15.3. The fourth-order valence-electron chi connectivity index (χ4n) is 3.56. The summed E-state index contributed by atoms with van der Waals surface area (Å²) in [6.07, 6.45) is 5.75. The maximum absolute atomic E-state index is 13.1. The number of carbonyl (C=O) groups is 2. The monoisotopic (exact) mass is 324 g/mol. The molecule has 0 atom stereocenters. The standard InChI is InChI=1S/C20H24N2O2/c21-19(23)12-13-22(18-8-2-1-3-9-18)20(24)17-11-10-15-6-4-5-7-16(15)14-17/h4-7,10-11,14,18H,1-3,8-9,12-13H2,(H2,21,23). The summed E-state index contributed by atoms with van der Waals surface area (Å²) in [5.74, 6) is -0.351. The molecule has 0 aromatic heterocycles. The Morgan fingerprint density at radius 3 is 2.42 bits per heavy atom. The second-order valence-electron chi connectivity index (χ2n) is 6.57. The maximum Gasteiger partial charge on any atom is 0.254 e. The molecule has 2 aromatic rings. The Labute approximate surface area is 142 Å². The van der Waals surface area contributed by atoms with Crippen LogP contribution >= 0.6 is 0 Å². The first kappa shape index (κ1) is 16.5. The number of amides is 2. The molecule has 1 saturated carbocycles. The lowest BCUT2D eigenvalue weighted by Gasteiger charge is -2.34. The molecule has 4 heteroatoms. The van der Waals surface area contributed by atoms with Crippen molar-refractivity contribution < 1.29 is 9.59 Å². The summed E-state index contributed by atoms with van der Waals surface area (Å²) in [5.41, 5.74) is 5.99.